The Labute approximate surface area is 98.8 Å². The van der Waals surface area contributed by atoms with Crippen molar-refractivity contribution in [2.75, 3.05) is 0 Å². The molecule has 0 aromatic heterocycles. The first-order valence-corrected chi connectivity index (χ1v) is 7.54. The van der Waals surface area contributed by atoms with Crippen LogP contribution in [-0.4, -0.2) is 29.4 Å². The fourth-order valence-electron chi connectivity index (χ4n) is 1.76. The minimum absolute atomic E-state index is 0.336. The van der Waals surface area contributed by atoms with Crippen molar-refractivity contribution >= 4 is 10.1 Å². The largest absolute Gasteiger partial charge is 0.392 e. The Morgan fingerprint density at radius 1 is 1.06 bits per heavy atom. The van der Waals surface area contributed by atoms with Crippen LogP contribution in [0, 0.1) is 0 Å². The Bertz CT molecular complexity index is 259. The first-order chi connectivity index (χ1) is 7.39. The lowest BCUT2D eigenvalue weighted by molar-refractivity contribution is 0.178. The molecule has 0 aromatic carbocycles. The van der Waals surface area contributed by atoms with E-state index in [4.69, 9.17) is 4.55 Å². The number of rotatable bonds is 9. The number of unbranched alkanes of at least 4 members (excludes halogenated alkanes) is 5. The van der Waals surface area contributed by atoms with Gasteiger partial charge in [0.05, 0.1) is 6.10 Å². The lowest BCUT2D eigenvalue weighted by Gasteiger charge is -2.16. The Morgan fingerprint density at radius 2 is 1.56 bits per heavy atom. The van der Waals surface area contributed by atoms with E-state index in [-0.39, 0.29) is 0 Å². The topological polar surface area (TPSA) is 74.6 Å². The van der Waals surface area contributed by atoms with Gasteiger partial charge >= 0.3 is 0 Å². The van der Waals surface area contributed by atoms with E-state index in [1.807, 2.05) is 0 Å². The maximum atomic E-state index is 10.9. The van der Waals surface area contributed by atoms with Gasteiger partial charge in [-0.15, -0.1) is 0 Å². The number of hydrogen-bond donors (Lipinski definition) is 2. The van der Waals surface area contributed by atoms with E-state index in [2.05, 4.69) is 6.92 Å². The van der Waals surface area contributed by atoms with Crippen LogP contribution >= 0.6 is 0 Å². The zero-order valence-electron chi connectivity index (χ0n) is 10.2. The average molecular weight is 252 g/mol. The van der Waals surface area contributed by atoms with Crippen LogP contribution in [0.4, 0.5) is 0 Å². The maximum Gasteiger partial charge on any atom is 0.270 e. The monoisotopic (exact) mass is 252 g/mol. The highest BCUT2D eigenvalue weighted by Crippen LogP contribution is 2.15. The molecule has 4 nitrogen and oxygen atoms in total. The molecular weight excluding hydrogens is 228 g/mol. The Hall–Kier alpha value is -0.130. The highest BCUT2D eigenvalue weighted by Gasteiger charge is 2.27. The van der Waals surface area contributed by atoms with Crippen LogP contribution in [0.1, 0.15) is 58.8 Å². The third kappa shape index (κ3) is 7.19. The Balaban J connectivity index is 3.79. The average Bonchev–Trinajstić information content (AvgIpc) is 2.13. The van der Waals surface area contributed by atoms with Gasteiger partial charge in [0.25, 0.3) is 10.1 Å². The number of aliphatic hydroxyl groups is 1. The van der Waals surface area contributed by atoms with Gasteiger partial charge in [-0.2, -0.15) is 8.42 Å². The molecule has 2 atom stereocenters. The van der Waals surface area contributed by atoms with Gasteiger partial charge in [0.15, 0.2) is 0 Å². The van der Waals surface area contributed by atoms with Gasteiger partial charge in [-0.1, -0.05) is 45.4 Å². The smallest absolute Gasteiger partial charge is 0.270 e. The molecule has 0 aliphatic rings. The van der Waals surface area contributed by atoms with E-state index in [0.717, 1.165) is 19.3 Å². The molecule has 0 rings (SSSR count). The summed E-state index contributed by atoms with van der Waals surface area (Å²) in [6, 6.07) is 0. The molecule has 98 valence electrons. The van der Waals surface area contributed by atoms with E-state index in [0.29, 0.717) is 6.42 Å². The molecule has 0 fully saturated rings. The van der Waals surface area contributed by atoms with Crippen molar-refractivity contribution in [3.05, 3.63) is 0 Å². The molecular formula is C11H24O4S. The van der Waals surface area contributed by atoms with E-state index in [1.54, 1.807) is 0 Å². The molecule has 0 saturated heterocycles. The molecule has 0 radical (unpaired) electrons. The summed E-state index contributed by atoms with van der Waals surface area (Å²) in [7, 11) is -4.11. The summed E-state index contributed by atoms with van der Waals surface area (Å²) in [5.74, 6) is 0. The molecule has 0 amide bonds. The standard InChI is InChI=1S/C11H24O4S/c1-3-4-5-6-7-8-9-11(10(2)12)16(13,14)15/h10-12H,3-9H2,1-2H3,(H,13,14,15). The van der Waals surface area contributed by atoms with Gasteiger partial charge in [-0.3, -0.25) is 4.55 Å². The van der Waals surface area contributed by atoms with E-state index in [1.165, 1.54) is 26.2 Å². The summed E-state index contributed by atoms with van der Waals surface area (Å²) in [5, 5.41) is 8.22. The van der Waals surface area contributed by atoms with Crippen molar-refractivity contribution in [1.82, 2.24) is 0 Å². The van der Waals surface area contributed by atoms with E-state index in [9.17, 15) is 13.5 Å². The van der Waals surface area contributed by atoms with Crippen molar-refractivity contribution in [2.45, 2.75) is 70.1 Å². The molecule has 2 unspecified atom stereocenters. The molecule has 0 bridgehead atoms. The molecule has 0 aliphatic carbocycles. The molecule has 0 saturated carbocycles. The molecule has 5 heteroatoms. The Morgan fingerprint density at radius 3 is 2.00 bits per heavy atom. The first kappa shape index (κ1) is 15.9. The molecule has 0 heterocycles. The minimum Gasteiger partial charge on any atom is -0.392 e. The minimum atomic E-state index is -4.11. The molecule has 2 N–H and O–H groups in total. The van der Waals surface area contributed by atoms with Crippen LogP contribution in [0.25, 0.3) is 0 Å². The molecule has 16 heavy (non-hydrogen) atoms. The zero-order valence-corrected chi connectivity index (χ0v) is 11.0. The summed E-state index contributed by atoms with van der Waals surface area (Å²) in [6.45, 7) is 3.54. The fraction of sp³-hybridized carbons (Fsp3) is 1.00. The van der Waals surface area contributed by atoms with Crippen LogP contribution in [0.2, 0.25) is 0 Å². The van der Waals surface area contributed by atoms with Crippen molar-refractivity contribution in [2.24, 2.45) is 0 Å². The fourth-order valence-corrected chi connectivity index (χ4v) is 2.73. The number of aliphatic hydroxyl groups excluding tert-OH is 1. The second-order valence-corrected chi connectivity index (χ2v) is 5.99. The van der Waals surface area contributed by atoms with Gasteiger partial charge in [0, 0.05) is 0 Å². The molecule has 0 aromatic rings. The van der Waals surface area contributed by atoms with Crippen LogP contribution < -0.4 is 0 Å². The predicted octanol–water partition coefficient (Wildman–Crippen LogP) is 2.37. The van der Waals surface area contributed by atoms with Crippen molar-refractivity contribution < 1.29 is 18.1 Å². The second-order valence-electron chi connectivity index (χ2n) is 4.35. The molecule has 0 aliphatic heterocycles. The lowest BCUT2D eigenvalue weighted by Crippen LogP contribution is -2.31. The third-order valence-electron chi connectivity index (χ3n) is 2.76. The van der Waals surface area contributed by atoms with Crippen LogP contribution in [-0.2, 0) is 10.1 Å². The SMILES string of the molecule is CCCCCCCCC(C(C)O)S(=O)(=O)O. The quantitative estimate of drug-likeness (QED) is 0.488. The second kappa shape index (κ2) is 8.03. The highest BCUT2D eigenvalue weighted by atomic mass is 32.2. The van der Waals surface area contributed by atoms with Gasteiger partial charge in [0.1, 0.15) is 5.25 Å². The summed E-state index contributed by atoms with van der Waals surface area (Å²) >= 11 is 0. The molecule has 0 spiro atoms. The summed E-state index contributed by atoms with van der Waals surface area (Å²) in [5.41, 5.74) is 0. The van der Waals surface area contributed by atoms with Crippen molar-refractivity contribution in [3.8, 4) is 0 Å². The number of hydrogen-bond acceptors (Lipinski definition) is 3. The summed E-state index contributed by atoms with van der Waals surface area (Å²) in [6.07, 6.45) is 5.67. The predicted molar refractivity (Wildman–Crippen MR) is 65.0 cm³/mol. The van der Waals surface area contributed by atoms with Gasteiger partial charge < -0.3 is 5.11 Å². The van der Waals surface area contributed by atoms with Crippen molar-refractivity contribution in [1.29, 1.82) is 0 Å². The van der Waals surface area contributed by atoms with E-state index >= 15 is 0 Å². The maximum absolute atomic E-state index is 10.9. The van der Waals surface area contributed by atoms with E-state index < -0.39 is 21.5 Å². The zero-order chi connectivity index (χ0) is 12.6. The third-order valence-corrected chi connectivity index (χ3v) is 4.16. The van der Waals surface area contributed by atoms with Crippen molar-refractivity contribution in [3.63, 3.8) is 0 Å². The lowest BCUT2D eigenvalue weighted by atomic mass is 10.1. The van der Waals surface area contributed by atoms with Crippen LogP contribution in [0.15, 0.2) is 0 Å². The van der Waals surface area contributed by atoms with Gasteiger partial charge in [-0.25, -0.2) is 0 Å². The normalized spacial score (nSPS) is 16.0. The first-order valence-electron chi connectivity index (χ1n) is 6.04. The summed E-state index contributed by atoms with van der Waals surface area (Å²) < 4.78 is 30.8. The van der Waals surface area contributed by atoms with Crippen LogP contribution in [0.3, 0.4) is 0 Å². The van der Waals surface area contributed by atoms with Crippen LogP contribution in [0.5, 0.6) is 0 Å². The highest BCUT2D eigenvalue weighted by molar-refractivity contribution is 7.86. The summed E-state index contributed by atoms with van der Waals surface area (Å²) in [4.78, 5) is 0. The van der Waals surface area contributed by atoms with Gasteiger partial charge in [-0.05, 0) is 13.3 Å². The van der Waals surface area contributed by atoms with Gasteiger partial charge in [0.2, 0.25) is 0 Å². The Kier molecular flexibility index (Phi) is 7.97.